The highest BCUT2D eigenvalue weighted by Crippen LogP contribution is 2.32. The van der Waals surface area contributed by atoms with E-state index in [1.54, 1.807) is 16.7 Å². The molecule has 1 aromatic carbocycles. The number of pyridine rings is 1. The van der Waals surface area contributed by atoms with E-state index in [1.165, 1.54) is 6.07 Å². The zero-order valence-electron chi connectivity index (χ0n) is 18.8. The molecule has 2 saturated heterocycles. The lowest BCUT2D eigenvalue weighted by Crippen LogP contribution is -2.44. The minimum atomic E-state index is -0.487. The van der Waals surface area contributed by atoms with E-state index in [9.17, 15) is 4.79 Å². The number of aryl methyl sites for hydroxylation is 1. The van der Waals surface area contributed by atoms with E-state index in [0.717, 1.165) is 44.5 Å². The van der Waals surface area contributed by atoms with Crippen LogP contribution in [-0.2, 0) is 22.4 Å². The predicted molar refractivity (Wildman–Crippen MR) is 128 cm³/mol. The van der Waals surface area contributed by atoms with Gasteiger partial charge in [0, 0.05) is 49.7 Å². The molecule has 2 aromatic heterocycles. The first-order chi connectivity index (χ1) is 16.6. The van der Waals surface area contributed by atoms with Crippen LogP contribution in [0.2, 0.25) is 5.02 Å². The van der Waals surface area contributed by atoms with E-state index in [0.29, 0.717) is 53.7 Å². The maximum absolute atomic E-state index is 15.0. The van der Waals surface area contributed by atoms with E-state index < -0.39 is 5.82 Å². The predicted octanol–water partition coefficient (Wildman–Crippen LogP) is 3.97. The maximum Gasteiger partial charge on any atom is 0.261 e. The molecule has 3 aliphatic rings. The number of ether oxygens (including phenoxy) is 2. The minimum absolute atomic E-state index is 0.0179. The molecule has 0 bridgehead atoms. The van der Waals surface area contributed by atoms with E-state index in [2.05, 4.69) is 4.90 Å². The number of benzene rings is 1. The molecule has 0 amide bonds. The van der Waals surface area contributed by atoms with E-state index in [4.69, 9.17) is 31.0 Å². The molecule has 34 heavy (non-hydrogen) atoms. The molecule has 7 nitrogen and oxygen atoms in total. The molecule has 9 heteroatoms. The van der Waals surface area contributed by atoms with Gasteiger partial charge >= 0.3 is 0 Å². The topological polar surface area (TPSA) is 69.5 Å². The lowest BCUT2D eigenvalue weighted by molar-refractivity contribution is -0.00348. The molecule has 178 valence electrons. The van der Waals surface area contributed by atoms with Crippen LogP contribution in [0.25, 0.3) is 22.2 Å². The van der Waals surface area contributed by atoms with Crippen LogP contribution in [0.3, 0.4) is 0 Å². The van der Waals surface area contributed by atoms with Gasteiger partial charge in [0.05, 0.1) is 24.2 Å². The standard InChI is InChI=1S/C25H26ClFN4O3/c26-15-5-6-18(20(27)11-15)23-24-19(25(32)31-7-1-4-21(31)28-24)13-22(29-23)30-8-10-34-17(14-30)12-16-3-2-9-33-16/h5-6,11,13,16-17H,1-4,7-10,12,14H2. The lowest BCUT2D eigenvalue weighted by Gasteiger charge is -2.35. The highest BCUT2D eigenvalue weighted by Gasteiger charge is 2.28. The van der Waals surface area contributed by atoms with Crippen molar-refractivity contribution in [2.24, 2.45) is 0 Å². The van der Waals surface area contributed by atoms with Crippen LogP contribution in [0, 0.1) is 5.82 Å². The average molecular weight is 485 g/mol. The highest BCUT2D eigenvalue weighted by atomic mass is 35.5. The Labute approximate surface area is 201 Å². The summed E-state index contributed by atoms with van der Waals surface area (Å²) >= 11 is 6.00. The molecule has 2 unspecified atom stereocenters. The van der Waals surface area contributed by atoms with Crippen molar-refractivity contribution in [2.45, 2.75) is 50.9 Å². The van der Waals surface area contributed by atoms with Crippen LogP contribution in [0.15, 0.2) is 29.1 Å². The molecule has 2 fully saturated rings. The van der Waals surface area contributed by atoms with Crippen molar-refractivity contribution in [3.8, 4) is 11.3 Å². The Balaban J connectivity index is 1.45. The summed E-state index contributed by atoms with van der Waals surface area (Å²) < 4.78 is 28.6. The normalized spacial score (nSPS) is 22.5. The Kier molecular flexibility index (Phi) is 5.75. The molecular weight excluding hydrogens is 459 g/mol. The average Bonchev–Trinajstić information content (AvgIpc) is 3.51. The molecule has 5 heterocycles. The van der Waals surface area contributed by atoms with Gasteiger partial charge in [0.2, 0.25) is 0 Å². The second kappa shape index (κ2) is 8.91. The van der Waals surface area contributed by atoms with E-state index in [1.807, 2.05) is 6.07 Å². The molecule has 0 N–H and O–H groups in total. The van der Waals surface area contributed by atoms with Gasteiger partial charge in [0.1, 0.15) is 28.7 Å². The van der Waals surface area contributed by atoms with Gasteiger partial charge in [-0.05, 0) is 43.5 Å². The second-order valence-corrected chi connectivity index (χ2v) is 9.68. The molecule has 6 rings (SSSR count). The Hall–Kier alpha value is -2.55. The largest absolute Gasteiger partial charge is 0.378 e. The number of anilines is 1. The summed E-state index contributed by atoms with van der Waals surface area (Å²) in [6.45, 7) is 3.30. The third kappa shape index (κ3) is 3.97. The molecule has 3 aliphatic heterocycles. The SMILES string of the molecule is O=c1c2cc(N3CCOC(CC4CCCO4)C3)nc(-c3ccc(Cl)cc3F)c2nc2n1CCC2. The Morgan fingerprint density at radius 2 is 1.97 bits per heavy atom. The fourth-order valence-corrected chi connectivity index (χ4v) is 5.45. The number of fused-ring (bicyclic) bond motifs is 2. The van der Waals surface area contributed by atoms with E-state index in [-0.39, 0.29) is 23.3 Å². The fourth-order valence-electron chi connectivity index (χ4n) is 5.29. The van der Waals surface area contributed by atoms with E-state index >= 15 is 4.39 Å². The molecule has 2 atom stereocenters. The van der Waals surface area contributed by atoms with Gasteiger partial charge in [-0.2, -0.15) is 0 Å². The van der Waals surface area contributed by atoms with Crippen LogP contribution < -0.4 is 10.5 Å². The number of hydrogen-bond acceptors (Lipinski definition) is 6. The van der Waals surface area contributed by atoms with Gasteiger partial charge in [0.25, 0.3) is 5.56 Å². The first-order valence-electron chi connectivity index (χ1n) is 11.9. The molecule has 3 aromatic rings. The number of rotatable bonds is 4. The van der Waals surface area contributed by atoms with Crippen molar-refractivity contribution in [1.29, 1.82) is 0 Å². The van der Waals surface area contributed by atoms with Crippen LogP contribution >= 0.6 is 11.6 Å². The minimum Gasteiger partial charge on any atom is -0.378 e. The summed E-state index contributed by atoms with van der Waals surface area (Å²) in [5.74, 6) is 0.875. The zero-order valence-corrected chi connectivity index (χ0v) is 19.6. The number of aromatic nitrogens is 3. The van der Waals surface area contributed by atoms with Crippen molar-refractivity contribution in [3.05, 3.63) is 51.3 Å². The molecule has 0 saturated carbocycles. The number of morpholine rings is 1. The van der Waals surface area contributed by atoms with Gasteiger partial charge in [-0.1, -0.05) is 11.6 Å². The fraction of sp³-hybridized carbons (Fsp3) is 0.480. The second-order valence-electron chi connectivity index (χ2n) is 9.25. The van der Waals surface area contributed by atoms with Crippen LogP contribution in [0.1, 0.15) is 31.5 Å². The summed E-state index contributed by atoms with van der Waals surface area (Å²) in [5.41, 5.74) is 1.000. The summed E-state index contributed by atoms with van der Waals surface area (Å²) in [4.78, 5) is 25.1. The first kappa shape index (κ1) is 21.9. The number of nitrogens with zero attached hydrogens (tertiary/aromatic N) is 4. The van der Waals surface area contributed by atoms with Crippen LogP contribution in [0.5, 0.6) is 0 Å². The Morgan fingerprint density at radius 3 is 2.79 bits per heavy atom. The monoisotopic (exact) mass is 484 g/mol. The third-order valence-electron chi connectivity index (χ3n) is 6.99. The third-order valence-corrected chi connectivity index (χ3v) is 7.22. The van der Waals surface area contributed by atoms with Gasteiger partial charge in [-0.15, -0.1) is 0 Å². The smallest absolute Gasteiger partial charge is 0.261 e. The molecule has 0 spiro atoms. The van der Waals surface area contributed by atoms with Crippen molar-refractivity contribution in [3.63, 3.8) is 0 Å². The zero-order chi connectivity index (χ0) is 23.2. The van der Waals surface area contributed by atoms with Gasteiger partial charge in [0.15, 0.2) is 0 Å². The van der Waals surface area contributed by atoms with Gasteiger partial charge < -0.3 is 14.4 Å². The quantitative estimate of drug-likeness (QED) is 0.558. The Morgan fingerprint density at radius 1 is 1.09 bits per heavy atom. The van der Waals surface area contributed by atoms with Gasteiger partial charge in [-0.3, -0.25) is 9.36 Å². The molecule has 0 radical (unpaired) electrons. The van der Waals surface area contributed by atoms with Crippen molar-refractivity contribution in [1.82, 2.24) is 14.5 Å². The lowest BCUT2D eigenvalue weighted by atomic mass is 10.1. The number of halogens is 2. The molecular formula is C25H26ClFN4O3. The summed E-state index contributed by atoms with van der Waals surface area (Å²) in [6, 6.07) is 6.31. The van der Waals surface area contributed by atoms with Crippen molar-refractivity contribution in [2.75, 3.05) is 31.2 Å². The maximum atomic E-state index is 15.0. The molecule has 0 aliphatic carbocycles. The van der Waals surface area contributed by atoms with Crippen LogP contribution in [-0.4, -0.2) is 53.0 Å². The first-order valence-corrected chi connectivity index (χ1v) is 12.3. The summed E-state index contributed by atoms with van der Waals surface area (Å²) in [6.07, 6.45) is 4.82. The van der Waals surface area contributed by atoms with Gasteiger partial charge in [-0.25, -0.2) is 14.4 Å². The van der Waals surface area contributed by atoms with Crippen LogP contribution in [0.4, 0.5) is 10.2 Å². The van der Waals surface area contributed by atoms with Crippen molar-refractivity contribution >= 4 is 28.3 Å². The summed E-state index contributed by atoms with van der Waals surface area (Å²) in [5, 5.41) is 0.767. The Bertz CT molecular complexity index is 1310. The number of hydrogen-bond donors (Lipinski definition) is 0. The summed E-state index contributed by atoms with van der Waals surface area (Å²) in [7, 11) is 0. The highest BCUT2D eigenvalue weighted by molar-refractivity contribution is 6.30. The van der Waals surface area contributed by atoms with Crippen molar-refractivity contribution < 1.29 is 13.9 Å².